The smallest absolute Gasteiger partial charge is 0.341 e. The summed E-state index contributed by atoms with van der Waals surface area (Å²) in [5.41, 5.74) is 2.09. The van der Waals surface area contributed by atoms with Crippen molar-refractivity contribution in [2.75, 3.05) is 0 Å². The topological polar surface area (TPSA) is 86.0 Å². The average Bonchev–Trinajstić information content (AvgIpc) is 2.73. The van der Waals surface area contributed by atoms with Gasteiger partial charge in [-0.15, -0.1) is 0 Å². The Bertz CT molecular complexity index is 874. The molecule has 0 fully saturated rings. The molecule has 0 radical (unpaired) electrons. The minimum atomic E-state index is -1.23. The third kappa shape index (κ3) is 1.72. The highest BCUT2D eigenvalue weighted by Gasteiger charge is 2.20. The summed E-state index contributed by atoms with van der Waals surface area (Å²) in [4.78, 5) is 28.7. The van der Waals surface area contributed by atoms with Crippen molar-refractivity contribution >= 4 is 16.9 Å². The molecule has 5 nitrogen and oxygen atoms in total. The van der Waals surface area contributed by atoms with Crippen LogP contribution >= 0.6 is 0 Å². The number of aromatic amines is 2. The van der Waals surface area contributed by atoms with E-state index in [1.54, 1.807) is 6.07 Å². The van der Waals surface area contributed by atoms with E-state index in [-0.39, 0.29) is 5.56 Å². The van der Waals surface area contributed by atoms with E-state index >= 15 is 0 Å². The van der Waals surface area contributed by atoms with Crippen molar-refractivity contribution in [1.82, 2.24) is 9.97 Å². The second-order valence-electron chi connectivity index (χ2n) is 4.57. The highest BCUT2D eigenvalue weighted by Crippen LogP contribution is 2.32. The van der Waals surface area contributed by atoms with Crippen molar-refractivity contribution in [3.63, 3.8) is 0 Å². The van der Waals surface area contributed by atoms with E-state index < -0.39 is 11.5 Å². The Morgan fingerprint density at radius 3 is 2.70 bits per heavy atom. The standard InChI is InChI=1S/C15H12N2O3/c1-8-12(9-4-2-3-5-11(9)17-8)10-6-7-16-14(18)13(10)15(19)20/h2-7,17H,1H3,(H,16,18)(H,19,20). The van der Waals surface area contributed by atoms with Gasteiger partial charge in [0.2, 0.25) is 0 Å². The molecule has 5 heteroatoms. The average molecular weight is 268 g/mol. The number of H-pyrrole nitrogens is 2. The summed E-state index contributed by atoms with van der Waals surface area (Å²) in [6.45, 7) is 1.86. The Morgan fingerprint density at radius 2 is 1.95 bits per heavy atom. The van der Waals surface area contributed by atoms with Gasteiger partial charge in [-0.3, -0.25) is 4.79 Å². The molecule has 0 atom stereocenters. The maximum atomic E-state index is 11.8. The van der Waals surface area contributed by atoms with Crippen LogP contribution < -0.4 is 5.56 Å². The van der Waals surface area contributed by atoms with Crippen LogP contribution in [0.15, 0.2) is 41.3 Å². The lowest BCUT2D eigenvalue weighted by Crippen LogP contribution is -2.18. The van der Waals surface area contributed by atoms with Crippen LogP contribution in [0.3, 0.4) is 0 Å². The van der Waals surface area contributed by atoms with E-state index in [4.69, 9.17) is 0 Å². The van der Waals surface area contributed by atoms with Gasteiger partial charge in [0.25, 0.3) is 5.56 Å². The van der Waals surface area contributed by atoms with Gasteiger partial charge in [0, 0.05) is 33.9 Å². The molecule has 3 N–H and O–H groups in total. The van der Waals surface area contributed by atoms with Crippen LogP contribution in [-0.2, 0) is 0 Å². The SMILES string of the molecule is Cc1[nH]c2ccccc2c1-c1cc[nH]c(=O)c1C(=O)O. The molecule has 0 spiro atoms. The molecular formula is C15H12N2O3. The number of aryl methyl sites for hydroxylation is 1. The van der Waals surface area contributed by atoms with Crippen LogP contribution in [0.25, 0.3) is 22.0 Å². The molecule has 3 rings (SSSR count). The lowest BCUT2D eigenvalue weighted by Gasteiger charge is -2.05. The lowest BCUT2D eigenvalue weighted by atomic mass is 9.99. The fraction of sp³-hybridized carbons (Fsp3) is 0.0667. The van der Waals surface area contributed by atoms with Crippen molar-refractivity contribution in [3.8, 4) is 11.1 Å². The molecule has 2 aromatic heterocycles. The van der Waals surface area contributed by atoms with Crippen molar-refractivity contribution in [2.45, 2.75) is 6.92 Å². The van der Waals surface area contributed by atoms with Crippen LogP contribution in [0, 0.1) is 6.92 Å². The molecule has 100 valence electrons. The Balaban J connectivity index is 2.43. The van der Waals surface area contributed by atoms with Gasteiger partial charge in [-0.2, -0.15) is 0 Å². The number of benzene rings is 1. The Morgan fingerprint density at radius 1 is 1.20 bits per heavy atom. The Hall–Kier alpha value is -2.82. The maximum Gasteiger partial charge on any atom is 0.341 e. The number of hydrogen-bond acceptors (Lipinski definition) is 2. The molecule has 2 heterocycles. The molecule has 0 bridgehead atoms. The number of hydrogen-bond donors (Lipinski definition) is 3. The van der Waals surface area contributed by atoms with Gasteiger partial charge in [-0.1, -0.05) is 18.2 Å². The first kappa shape index (κ1) is 12.2. The normalized spacial score (nSPS) is 10.8. The molecule has 0 saturated carbocycles. The summed E-state index contributed by atoms with van der Waals surface area (Å²) >= 11 is 0. The molecule has 0 aliphatic carbocycles. The zero-order valence-electron chi connectivity index (χ0n) is 10.7. The number of carbonyl (C=O) groups is 1. The predicted molar refractivity (Wildman–Crippen MR) is 76.1 cm³/mol. The number of aromatic carboxylic acids is 1. The quantitative estimate of drug-likeness (QED) is 0.667. The highest BCUT2D eigenvalue weighted by molar-refractivity contribution is 6.04. The molecular weight excluding hydrogens is 256 g/mol. The number of carboxylic acid groups (broad SMARTS) is 1. The molecule has 3 aromatic rings. The van der Waals surface area contributed by atoms with Crippen molar-refractivity contribution in [2.24, 2.45) is 0 Å². The van der Waals surface area contributed by atoms with Crippen LogP contribution in [0.4, 0.5) is 0 Å². The van der Waals surface area contributed by atoms with Crippen LogP contribution in [0.5, 0.6) is 0 Å². The van der Waals surface area contributed by atoms with Gasteiger partial charge >= 0.3 is 5.97 Å². The van der Waals surface area contributed by atoms with Gasteiger partial charge in [-0.25, -0.2) is 4.79 Å². The van der Waals surface area contributed by atoms with E-state index in [0.717, 1.165) is 22.2 Å². The van der Waals surface area contributed by atoms with Crippen LogP contribution in [0.1, 0.15) is 16.1 Å². The van der Waals surface area contributed by atoms with Gasteiger partial charge in [-0.05, 0) is 19.1 Å². The minimum absolute atomic E-state index is 0.236. The zero-order chi connectivity index (χ0) is 14.3. The molecule has 0 amide bonds. The predicted octanol–water partition coefficient (Wildman–Crippen LogP) is 2.53. The summed E-state index contributed by atoms with van der Waals surface area (Å²) in [6, 6.07) is 9.22. The fourth-order valence-electron chi connectivity index (χ4n) is 2.52. The number of para-hydroxylation sites is 1. The maximum absolute atomic E-state index is 11.8. The van der Waals surface area contributed by atoms with E-state index in [2.05, 4.69) is 9.97 Å². The highest BCUT2D eigenvalue weighted by atomic mass is 16.4. The van der Waals surface area contributed by atoms with Gasteiger partial charge in [0.15, 0.2) is 0 Å². The number of fused-ring (bicyclic) bond motifs is 1. The summed E-state index contributed by atoms with van der Waals surface area (Å²) in [5, 5.41) is 10.2. The van der Waals surface area contributed by atoms with Crippen molar-refractivity contribution in [3.05, 3.63) is 58.1 Å². The molecule has 0 unspecified atom stereocenters. The summed E-state index contributed by atoms with van der Waals surface area (Å²) < 4.78 is 0. The largest absolute Gasteiger partial charge is 0.477 e. The summed E-state index contributed by atoms with van der Waals surface area (Å²) in [5.74, 6) is -1.23. The summed E-state index contributed by atoms with van der Waals surface area (Å²) in [6.07, 6.45) is 1.46. The number of pyridine rings is 1. The van der Waals surface area contributed by atoms with Gasteiger partial charge < -0.3 is 15.1 Å². The minimum Gasteiger partial charge on any atom is -0.477 e. The third-order valence-electron chi connectivity index (χ3n) is 3.34. The van der Waals surface area contributed by atoms with Gasteiger partial charge in [0.05, 0.1) is 0 Å². The van der Waals surface area contributed by atoms with E-state index in [0.29, 0.717) is 5.56 Å². The molecule has 0 saturated heterocycles. The van der Waals surface area contributed by atoms with E-state index in [9.17, 15) is 14.7 Å². The van der Waals surface area contributed by atoms with Gasteiger partial charge in [0.1, 0.15) is 5.56 Å². The summed E-state index contributed by atoms with van der Waals surface area (Å²) in [7, 11) is 0. The molecule has 1 aromatic carbocycles. The number of rotatable bonds is 2. The third-order valence-corrected chi connectivity index (χ3v) is 3.34. The van der Waals surface area contributed by atoms with Crippen LogP contribution in [-0.4, -0.2) is 21.0 Å². The fourth-order valence-corrected chi connectivity index (χ4v) is 2.52. The second kappa shape index (κ2) is 4.38. The lowest BCUT2D eigenvalue weighted by molar-refractivity contribution is 0.0696. The Kier molecular flexibility index (Phi) is 2.68. The first-order valence-corrected chi connectivity index (χ1v) is 6.12. The zero-order valence-corrected chi connectivity index (χ0v) is 10.7. The molecule has 20 heavy (non-hydrogen) atoms. The molecule has 0 aliphatic heterocycles. The van der Waals surface area contributed by atoms with E-state index in [1.807, 2.05) is 31.2 Å². The number of nitrogens with one attached hydrogen (secondary N) is 2. The molecule has 0 aliphatic rings. The van der Waals surface area contributed by atoms with Crippen molar-refractivity contribution < 1.29 is 9.90 Å². The first-order valence-electron chi connectivity index (χ1n) is 6.12. The van der Waals surface area contributed by atoms with E-state index in [1.165, 1.54) is 6.20 Å². The Labute approximate surface area is 113 Å². The number of carboxylic acids is 1. The number of aromatic nitrogens is 2. The van der Waals surface area contributed by atoms with Crippen molar-refractivity contribution in [1.29, 1.82) is 0 Å². The monoisotopic (exact) mass is 268 g/mol. The van der Waals surface area contributed by atoms with Crippen LogP contribution in [0.2, 0.25) is 0 Å². The first-order chi connectivity index (χ1) is 9.59. The second-order valence-corrected chi connectivity index (χ2v) is 4.57.